The molecule has 6 nitrogen and oxygen atoms in total. The summed E-state index contributed by atoms with van der Waals surface area (Å²) in [4.78, 5) is 24.6. The van der Waals surface area contributed by atoms with Crippen molar-refractivity contribution in [2.75, 3.05) is 19.8 Å². The number of benzene rings is 1. The molecule has 0 aromatic heterocycles. The molecule has 0 radical (unpaired) electrons. The van der Waals surface area contributed by atoms with Crippen molar-refractivity contribution < 1.29 is 19.1 Å². The Balaban J connectivity index is 1.65. The Bertz CT molecular complexity index is 913. The highest BCUT2D eigenvalue weighted by Gasteiger charge is 2.24. The van der Waals surface area contributed by atoms with Crippen molar-refractivity contribution in [2.24, 2.45) is 5.92 Å². The molecule has 0 atom stereocenters. The first kappa shape index (κ1) is 20.9. The fraction of sp³-hybridized carbons (Fsp3) is 0.318. The molecule has 2 aliphatic rings. The minimum Gasteiger partial charge on any atom is -0.492 e. The largest absolute Gasteiger partial charge is 0.492 e. The van der Waals surface area contributed by atoms with Gasteiger partial charge in [-0.1, -0.05) is 29.8 Å². The van der Waals surface area contributed by atoms with Gasteiger partial charge < -0.3 is 20.2 Å². The van der Waals surface area contributed by atoms with Gasteiger partial charge in [-0.15, -0.1) is 0 Å². The average Bonchev–Trinajstić information content (AvgIpc) is 3.53. The van der Waals surface area contributed by atoms with Crippen LogP contribution in [0.5, 0.6) is 0 Å². The normalized spacial score (nSPS) is 17.4. The standard InChI is InChI=1S/C22H23ClN2O4/c1-2-28-22(27)17-6-4-3-5-16(17)20(26)12-25-11-15-9-21(18(23)10-19(15)24)29-13-14-7-8-14/h3-6,9-11,14,24-25H,2,7-8,12-13H2,1H3/b15-11-,24-19?. The van der Waals surface area contributed by atoms with E-state index in [1.54, 1.807) is 43.5 Å². The van der Waals surface area contributed by atoms with Crippen molar-refractivity contribution in [3.8, 4) is 0 Å². The molecule has 3 rings (SSSR count). The van der Waals surface area contributed by atoms with Crippen LogP contribution in [-0.2, 0) is 9.47 Å². The van der Waals surface area contributed by atoms with Crippen LogP contribution in [0.3, 0.4) is 0 Å². The molecule has 1 aromatic rings. The van der Waals surface area contributed by atoms with Crippen LogP contribution in [-0.4, -0.2) is 37.2 Å². The second-order valence-electron chi connectivity index (χ2n) is 6.84. The Morgan fingerprint density at radius 2 is 1.97 bits per heavy atom. The van der Waals surface area contributed by atoms with Gasteiger partial charge in [0.25, 0.3) is 0 Å². The van der Waals surface area contributed by atoms with E-state index >= 15 is 0 Å². The van der Waals surface area contributed by atoms with Crippen molar-refractivity contribution in [1.82, 2.24) is 5.32 Å². The SMILES string of the molecule is CCOC(=O)c1ccccc1C(=O)CN/C=C1/C=C(OCC2CC2)C(Cl)=CC1=N. The average molecular weight is 415 g/mol. The summed E-state index contributed by atoms with van der Waals surface area (Å²) < 4.78 is 10.7. The van der Waals surface area contributed by atoms with Crippen LogP contribution in [0.1, 0.15) is 40.5 Å². The molecular formula is C22H23ClN2O4. The van der Waals surface area contributed by atoms with E-state index in [0.29, 0.717) is 34.5 Å². The van der Waals surface area contributed by atoms with Crippen molar-refractivity contribution in [3.05, 3.63) is 70.1 Å². The number of Topliss-reactive ketones (excluding diaryl/α,β-unsaturated/α-hetero) is 1. The summed E-state index contributed by atoms with van der Waals surface area (Å²) in [5.41, 5.74) is 1.32. The molecule has 2 aliphatic carbocycles. The Morgan fingerprint density at radius 1 is 1.24 bits per heavy atom. The van der Waals surface area contributed by atoms with E-state index in [1.165, 1.54) is 18.9 Å². The molecule has 0 amide bonds. The van der Waals surface area contributed by atoms with Gasteiger partial charge in [0.1, 0.15) is 5.76 Å². The van der Waals surface area contributed by atoms with E-state index in [-0.39, 0.29) is 30.2 Å². The van der Waals surface area contributed by atoms with Gasteiger partial charge in [0, 0.05) is 17.3 Å². The van der Waals surface area contributed by atoms with E-state index in [0.717, 1.165) is 0 Å². The van der Waals surface area contributed by atoms with Crippen molar-refractivity contribution in [2.45, 2.75) is 19.8 Å². The van der Waals surface area contributed by atoms with Gasteiger partial charge in [0.2, 0.25) is 0 Å². The first-order valence-electron chi connectivity index (χ1n) is 9.53. The third-order valence-corrected chi connectivity index (χ3v) is 4.81. The predicted molar refractivity (Wildman–Crippen MR) is 111 cm³/mol. The zero-order chi connectivity index (χ0) is 20.8. The zero-order valence-electron chi connectivity index (χ0n) is 16.2. The van der Waals surface area contributed by atoms with Crippen LogP contribution in [0, 0.1) is 11.3 Å². The lowest BCUT2D eigenvalue weighted by atomic mass is 10.0. The van der Waals surface area contributed by atoms with Gasteiger partial charge >= 0.3 is 5.97 Å². The highest BCUT2D eigenvalue weighted by molar-refractivity contribution is 6.35. The lowest BCUT2D eigenvalue weighted by Crippen LogP contribution is -2.22. The second-order valence-corrected chi connectivity index (χ2v) is 7.25. The van der Waals surface area contributed by atoms with Gasteiger partial charge in [-0.3, -0.25) is 4.79 Å². The number of ether oxygens (including phenoxy) is 2. The summed E-state index contributed by atoms with van der Waals surface area (Å²) in [6.07, 6.45) is 7.13. The third kappa shape index (κ3) is 5.57. The Labute approximate surface area is 174 Å². The first-order valence-corrected chi connectivity index (χ1v) is 9.91. The van der Waals surface area contributed by atoms with E-state index in [2.05, 4.69) is 5.32 Å². The highest BCUT2D eigenvalue weighted by atomic mass is 35.5. The summed E-state index contributed by atoms with van der Waals surface area (Å²) >= 11 is 6.17. The maximum atomic E-state index is 12.6. The minimum atomic E-state index is -0.524. The Morgan fingerprint density at radius 3 is 2.66 bits per heavy atom. The fourth-order valence-corrected chi connectivity index (χ4v) is 2.97. The number of carbonyl (C=O) groups is 2. The number of allylic oxidation sites excluding steroid dienone is 4. The van der Waals surface area contributed by atoms with Gasteiger partial charge in [-0.05, 0) is 43.9 Å². The molecule has 29 heavy (non-hydrogen) atoms. The fourth-order valence-electron chi connectivity index (χ4n) is 2.75. The molecular weight excluding hydrogens is 392 g/mol. The smallest absolute Gasteiger partial charge is 0.338 e. The maximum absolute atomic E-state index is 12.6. The van der Waals surface area contributed by atoms with Gasteiger partial charge in [-0.25, -0.2) is 4.79 Å². The summed E-state index contributed by atoms with van der Waals surface area (Å²) in [6.45, 7) is 2.54. The molecule has 1 aromatic carbocycles. The number of ketones is 1. The molecule has 152 valence electrons. The van der Waals surface area contributed by atoms with E-state index in [9.17, 15) is 9.59 Å². The predicted octanol–water partition coefficient (Wildman–Crippen LogP) is 3.99. The van der Waals surface area contributed by atoms with Gasteiger partial charge in [0.05, 0.1) is 36.1 Å². The number of rotatable bonds is 9. The first-order chi connectivity index (χ1) is 14.0. The summed E-state index contributed by atoms with van der Waals surface area (Å²) in [6, 6.07) is 6.55. The number of halogens is 1. The molecule has 2 N–H and O–H groups in total. The minimum absolute atomic E-state index is 0.0310. The lowest BCUT2D eigenvalue weighted by Gasteiger charge is -2.15. The molecule has 0 saturated heterocycles. The maximum Gasteiger partial charge on any atom is 0.338 e. The lowest BCUT2D eigenvalue weighted by molar-refractivity contribution is 0.0523. The van der Waals surface area contributed by atoms with Crippen molar-refractivity contribution in [3.63, 3.8) is 0 Å². The Hall–Kier alpha value is -2.86. The van der Waals surface area contributed by atoms with Gasteiger partial charge in [0.15, 0.2) is 5.78 Å². The van der Waals surface area contributed by atoms with Crippen LogP contribution < -0.4 is 5.32 Å². The number of hydrogen-bond donors (Lipinski definition) is 2. The third-order valence-electron chi connectivity index (χ3n) is 4.52. The van der Waals surface area contributed by atoms with Gasteiger partial charge in [-0.2, -0.15) is 0 Å². The van der Waals surface area contributed by atoms with Crippen LogP contribution in [0.2, 0.25) is 0 Å². The molecule has 0 unspecified atom stereocenters. The topological polar surface area (TPSA) is 88.5 Å². The van der Waals surface area contributed by atoms with E-state index in [1.807, 2.05) is 0 Å². The van der Waals surface area contributed by atoms with E-state index < -0.39 is 5.97 Å². The number of esters is 1. The quantitative estimate of drug-likeness (QED) is 0.471. The number of hydrogen-bond acceptors (Lipinski definition) is 6. The molecule has 0 spiro atoms. The molecule has 0 bridgehead atoms. The van der Waals surface area contributed by atoms with Crippen molar-refractivity contribution in [1.29, 1.82) is 5.41 Å². The summed E-state index contributed by atoms with van der Waals surface area (Å²) in [5.74, 6) is 0.339. The molecule has 1 saturated carbocycles. The zero-order valence-corrected chi connectivity index (χ0v) is 16.9. The number of carbonyl (C=O) groups excluding carboxylic acids is 2. The summed E-state index contributed by atoms with van der Waals surface area (Å²) in [7, 11) is 0. The second kappa shape index (κ2) is 9.56. The van der Waals surface area contributed by atoms with Crippen LogP contribution in [0.4, 0.5) is 0 Å². The van der Waals surface area contributed by atoms with Crippen LogP contribution in [0.15, 0.2) is 59.0 Å². The highest BCUT2D eigenvalue weighted by Crippen LogP contribution is 2.32. The van der Waals surface area contributed by atoms with Crippen LogP contribution >= 0.6 is 11.6 Å². The monoisotopic (exact) mass is 414 g/mol. The molecule has 7 heteroatoms. The molecule has 0 aliphatic heterocycles. The van der Waals surface area contributed by atoms with E-state index in [4.69, 9.17) is 26.5 Å². The van der Waals surface area contributed by atoms with Crippen LogP contribution in [0.25, 0.3) is 0 Å². The summed E-state index contributed by atoms with van der Waals surface area (Å²) in [5, 5.41) is 11.4. The van der Waals surface area contributed by atoms with Crippen molar-refractivity contribution >= 4 is 29.1 Å². The number of nitrogens with one attached hydrogen (secondary N) is 2. The molecule has 0 heterocycles. The Kier molecular flexibility index (Phi) is 6.88. The molecule has 1 fully saturated rings.